The maximum Gasteiger partial charge on any atom is 0.303 e. The highest BCUT2D eigenvalue weighted by Gasteiger charge is 2.02. The van der Waals surface area contributed by atoms with Crippen LogP contribution in [0.15, 0.2) is 0 Å². The van der Waals surface area contributed by atoms with Gasteiger partial charge in [0.1, 0.15) is 0 Å². The highest BCUT2D eigenvalue weighted by atomic mass is 16.4. The summed E-state index contributed by atoms with van der Waals surface area (Å²) in [6, 6.07) is 0. The fourth-order valence-electron chi connectivity index (χ4n) is 1.47. The third-order valence-electron chi connectivity index (χ3n) is 2.45. The zero-order valence-corrected chi connectivity index (χ0v) is 10.3. The van der Waals surface area contributed by atoms with Crippen LogP contribution in [0.2, 0.25) is 0 Å². The average molecular weight is 245 g/mol. The smallest absolute Gasteiger partial charge is 0.303 e. The summed E-state index contributed by atoms with van der Waals surface area (Å²) in [5.41, 5.74) is 0. The van der Waals surface area contributed by atoms with Gasteiger partial charge in [-0.1, -0.05) is 12.8 Å². The van der Waals surface area contributed by atoms with Gasteiger partial charge in [-0.2, -0.15) is 0 Å². The van der Waals surface area contributed by atoms with E-state index in [0.29, 0.717) is 25.8 Å². The van der Waals surface area contributed by atoms with Crippen LogP contribution in [-0.2, 0) is 9.59 Å². The van der Waals surface area contributed by atoms with Crippen molar-refractivity contribution in [2.45, 2.75) is 51.4 Å². The standard InChI is InChI=1S/C12H23NO4/c14-10-6-2-1-5-9-13-11(15)7-3-4-8-12(16)17/h14H,1-10H2,(H,13,15)(H,16,17). The van der Waals surface area contributed by atoms with Crippen molar-refractivity contribution in [2.24, 2.45) is 0 Å². The summed E-state index contributed by atoms with van der Waals surface area (Å²) in [6.07, 6.45) is 5.48. The second kappa shape index (κ2) is 11.4. The lowest BCUT2D eigenvalue weighted by molar-refractivity contribution is -0.137. The first kappa shape index (κ1) is 15.9. The third-order valence-corrected chi connectivity index (χ3v) is 2.45. The van der Waals surface area contributed by atoms with Gasteiger partial charge in [0.05, 0.1) is 0 Å². The van der Waals surface area contributed by atoms with Crippen LogP contribution >= 0.6 is 0 Å². The van der Waals surface area contributed by atoms with E-state index in [0.717, 1.165) is 25.7 Å². The molecule has 5 nitrogen and oxygen atoms in total. The van der Waals surface area contributed by atoms with E-state index >= 15 is 0 Å². The summed E-state index contributed by atoms with van der Waals surface area (Å²) >= 11 is 0. The van der Waals surface area contributed by atoms with Crippen LogP contribution in [0.25, 0.3) is 0 Å². The molecule has 0 unspecified atom stereocenters. The summed E-state index contributed by atoms with van der Waals surface area (Å²) in [6.45, 7) is 0.902. The molecule has 0 spiro atoms. The van der Waals surface area contributed by atoms with E-state index in [2.05, 4.69) is 5.32 Å². The number of amides is 1. The number of unbranched alkanes of at least 4 members (excludes halogenated alkanes) is 4. The number of nitrogens with one attached hydrogen (secondary N) is 1. The van der Waals surface area contributed by atoms with Gasteiger partial charge < -0.3 is 15.5 Å². The molecule has 0 saturated heterocycles. The SMILES string of the molecule is O=C(O)CCCCC(=O)NCCCCCCO. The molecule has 0 saturated carbocycles. The van der Waals surface area contributed by atoms with Crippen molar-refractivity contribution in [3.63, 3.8) is 0 Å². The Morgan fingerprint density at radius 3 is 2.18 bits per heavy atom. The fourth-order valence-corrected chi connectivity index (χ4v) is 1.47. The Morgan fingerprint density at radius 1 is 0.882 bits per heavy atom. The number of carboxylic acid groups (broad SMARTS) is 1. The van der Waals surface area contributed by atoms with Gasteiger partial charge in [-0.3, -0.25) is 9.59 Å². The molecular weight excluding hydrogens is 222 g/mol. The van der Waals surface area contributed by atoms with E-state index in [4.69, 9.17) is 10.2 Å². The highest BCUT2D eigenvalue weighted by molar-refractivity contribution is 5.75. The molecule has 0 aliphatic heterocycles. The van der Waals surface area contributed by atoms with E-state index in [1.807, 2.05) is 0 Å². The molecule has 0 bridgehead atoms. The molecule has 0 radical (unpaired) electrons. The van der Waals surface area contributed by atoms with Gasteiger partial charge in [-0.05, 0) is 25.7 Å². The zero-order chi connectivity index (χ0) is 12.9. The van der Waals surface area contributed by atoms with Gasteiger partial charge in [0.15, 0.2) is 0 Å². The van der Waals surface area contributed by atoms with Crippen molar-refractivity contribution in [1.29, 1.82) is 0 Å². The normalized spacial score (nSPS) is 10.2. The van der Waals surface area contributed by atoms with Crippen molar-refractivity contribution < 1.29 is 19.8 Å². The molecular formula is C12H23NO4. The number of carbonyl (C=O) groups excluding carboxylic acids is 1. The lowest BCUT2D eigenvalue weighted by atomic mass is 10.2. The monoisotopic (exact) mass is 245 g/mol. The van der Waals surface area contributed by atoms with Crippen LogP contribution in [-0.4, -0.2) is 35.2 Å². The zero-order valence-electron chi connectivity index (χ0n) is 10.3. The van der Waals surface area contributed by atoms with Gasteiger partial charge >= 0.3 is 5.97 Å². The molecule has 0 aliphatic carbocycles. The maximum atomic E-state index is 11.3. The Bertz CT molecular complexity index is 219. The number of aliphatic hydroxyl groups is 1. The number of rotatable bonds is 11. The molecule has 0 rings (SSSR count). The fraction of sp³-hybridized carbons (Fsp3) is 0.833. The Labute approximate surface area is 102 Å². The quantitative estimate of drug-likeness (QED) is 0.479. The largest absolute Gasteiger partial charge is 0.481 e. The molecule has 0 fully saturated rings. The summed E-state index contributed by atoms with van der Waals surface area (Å²) in [5.74, 6) is -0.813. The molecule has 3 N–H and O–H groups in total. The van der Waals surface area contributed by atoms with E-state index in [-0.39, 0.29) is 18.9 Å². The van der Waals surface area contributed by atoms with E-state index in [1.165, 1.54) is 0 Å². The molecule has 1 amide bonds. The predicted molar refractivity (Wildman–Crippen MR) is 64.7 cm³/mol. The van der Waals surface area contributed by atoms with Crippen LogP contribution in [0.4, 0.5) is 0 Å². The number of carbonyl (C=O) groups is 2. The molecule has 5 heteroatoms. The second-order valence-corrected chi connectivity index (χ2v) is 4.09. The van der Waals surface area contributed by atoms with Gasteiger partial charge in [-0.15, -0.1) is 0 Å². The minimum atomic E-state index is -0.811. The summed E-state index contributed by atoms with van der Waals surface area (Å²) in [5, 5.41) is 19.8. The van der Waals surface area contributed by atoms with Gasteiger partial charge in [-0.25, -0.2) is 0 Å². The molecule has 0 aromatic rings. The van der Waals surface area contributed by atoms with E-state index in [9.17, 15) is 9.59 Å². The van der Waals surface area contributed by atoms with Crippen molar-refractivity contribution >= 4 is 11.9 Å². The van der Waals surface area contributed by atoms with Crippen LogP contribution in [0.5, 0.6) is 0 Å². The molecule has 0 aromatic carbocycles. The molecule has 0 aromatic heterocycles. The number of hydrogen-bond donors (Lipinski definition) is 3. The number of aliphatic hydroxyl groups excluding tert-OH is 1. The van der Waals surface area contributed by atoms with Crippen LogP contribution < -0.4 is 5.32 Å². The Hall–Kier alpha value is -1.10. The van der Waals surface area contributed by atoms with Crippen LogP contribution in [0.1, 0.15) is 51.4 Å². The summed E-state index contributed by atoms with van der Waals surface area (Å²) in [4.78, 5) is 21.5. The van der Waals surface area contributed by atoms with Gasteiger partial charge in [0.2, 0.25) is 5.91 Å². The molecule has 100 valence electrons. The van der Waals surface area contributed by atoms with Crippen LogP contribution in [0, 0.1) is 0 Å². The highest BCUT2D eigenvalue weighted by Crippen LogP contribution is 2.00. The van der Waals surface area contributed by atoms with Crippen molar-refractivity contribution in [3.05, 3.63) is 0 Å². The third kappa shape index (κ3) is 12.8. The van der Waals surface area contributed by atoms with Crippen molar-refractivity contribution in [1.82, 2.24) is 5.32 Å². The Kier molecular flexibility index (Phi) is 10.7. The first-order chi connectivity index (χ1) is 8.16. The Balaban J connectivity index is 3.20. The first-order valence-electron chi connectivity index (χ1n) is 6.26. The average Bonchev–Trinajstić information content (AvgIpc) is 2.29. The Morgan fingerprint density at radius 2 is 1.53 bits per heavy atom. The molecule has 0 heterocycles. The van der Waals surface area contributed by atoms with E-state index in [1.54, 1.807) is 0 Å². The summed E-state index contributed by atoms with van der Waals surface area (Å²) < 4.78 is 0. The molecule has 17 heavy (non-hydrogen) atoms. The van der Waals surface area contributed by atoms with Crippen molar-refractivity contribution in [2.75, 3.05) is 13.2 Å². The topological polar surface area (TPSA) is 86.6 Å². The van der Waals surface area contributed by atoms with Gasteiger partial charge in [0.25, 0.3) is 0 Å². The first-order valence-corrected chi connectivity index (χ1v) is 6.26. The summed E-state index contributed by atoms with van der Waals surface area (Å²) in [7, 11) is 0. The number of carboxylic acids is 1. The molecule has 0 aliphatic rings. The molecule has 0 atom stereocenters. The predicted octanol–water partition coefficient (Wildman–Crippen LogP) is 1.30. The minimum Gasteiger partial charge on any atom is -0.481 e. The maximum absolute atomic E-state index is 11.3. The van der Waals surface area contributed by atoms with E-state index < -0.39 is 5.97 Å². The van der Waals surface area contributed by atoms with Gasteiger partial charge in [0, 0.05) is 26.0 Å². The lowest BCUT2D eigenvalue weighted by Crippen LogP contribution is -2.24. The number of hydrogen-bond acceptors (Lipinski definition) is 3. The van der Waals surface area contributed by atoms with Crippen molar-refractivity contribution in [3.8, 4) is 0 Å². The second-order valence-electron chi connectivity index (χ2n) is 4.09. The minimum absolute atomic E-state index is 0.00227. The lowest BCUT2D eigenvalue weighted by Gasteiger charge is -2.04. The number of aliphatic carboxylic acids is 1. The van der Waals surface area contributed by atoms with Crippen LogP contribution in [0.3, 0.4) is 0 Å².